The van der Waals surface area contributed by atoms with Crippen LogP contribution in [0.1, 0.15) is 0 Å². The Balaban J connectivity index is 1.97. The smallest absolute Gasteiger partial charge is 0.170 e. The molecule has 21 heavy (non-hydrogen) atoms. The highest BCUT2D eigenvalue weighted by Crippen LogP contribution is 2.40. The number of fused-ring (bicyclic) bond motifs is 5. The summed E-state index contributed by atoms with van der Waals surface area (Å²) in [5.74, 6) is 0. The van der Waals surface area contributed by atoms with Gasteiger partial charge in [0.2, 0.25) is 0 Å². The van der Waals surface area contributed by atoms with E-state index in [-0.39, 0.29) is 0 Å². The van der Waals surface area contributed by atoms with Crippen LogP contribution >= 0.6 is 43.2 Å². The van der Waals surface area contributed by atoms with E-state index >= 15 is 0 Å². The Bertz CT molecular complexity index is 1070. The van der Waals surface area contributed by atoms with E-state index in [0.29, 0.717) is 0 Å². The second kappa shape index (κ2) is 4.12. The summed E-state index contributed by atoms with van der Waals surface area (Å²) in [6, 6.07) is 12.6. The zero-order chi connectivity index (χ0) is 14.1. The van der Waals surface area contributed by atoms with Crippen molar-refractivity contribution in [3.8, 4) is 0 Å². The van der Waals surface area contributed by atoms with Gasteiger partial charge in [-0.1, -0.05) is 0 Å². The summed E-state index contributed by atoms with van der Waals surface area (Å²) in [4.78, 5) is 0. The minimum Gasteiger partial charge on any atom is -0.449 e. The van der Waals surface area contributed by atoms with Crippen LogP contribution in [0, 0.1) is 0 Å². The van der Waals surface area contributed by atoms with Crippen LogP contribution in [0.3, 0.4) is 0 Å². The maximum Gasteiger partial charge on any atom is 0.170 e. The van der Waals surface area contributed by atoms with E-state index in [1.165, 1.54) is 20.2 Å². The Kier molecular flexibility index (Phi) is 2.41. The highest BCUT2D eigenvalue weighted by Gasteiger charge is 2.12. The van der Waals surface area contributed by atoms with Crippen molar-refractivity contribution >= 4 is 85.3 Å². The third kappa shape index (κ3) is 1.74. The molecule has 0 unspecified atom stereocenters. The lowest BCUT2D eigenvalue weighted by Crippen LogP contribution is -1.68. The van der Waals surface area contributed by atoms with Crippen molar-refractivity contribution in [2.24, 2.45) is 0 Å². The molecule has 5 aromatic rings. The van der Waals surface area contributed by atoms with E-state index < -0.39 is 0 Å². The standard InChI is InChI=1S/C16H6Br2O2S/c17-15-3-7-1-9-10-2-8-4-16(18)20-12(8)6-14(10)21-13(9)5-11(7)19-15/h1-6H. The van der Waals surface area contributed by atoms with Gasteiger partial charge in [-0.2, -0.15) is 0 Å². The molecule has 0 saturated carbocycles. The number of furan rings is 2. The minimum atomic E-state index is 0.764. The van der Waals surface area contributed by atoms with E-state index in [2.05, 4.69) is 56.1 Å². The van der Waals surface area contributed by atoms with Gasteiger partial charge in [-0.25, -0.2) is 0 Å². The molecular formula is C16H6Br2O2S. The number of benzene rings is 2. The fourth-order valence-electron chi connectivity index (χ4n) is 2.78. The first-order chi connectivity index (χ1) is 10.2. The second-order valence-electron chi connectivity index (χ2n) is 4.98. The molecule has 5 rings (SSSR count). The van der Waals surface area contributed by atoms with Gasteiger partial charge in [-0.05, 0) is 68.3 Å². The third-order valence-electron chi connectivity index (χ3n) is 3.69. The lowest BCUT2D eigenvalue weighted by atomic mass is 10.1. The summed E-state index contributed by atoms with van der Waals surface area (Å²) < 4.78 is 15.3. The molecule has 2 nitrogen and oxygen atoms in total. The van der Waals surface area contributed by atoms with Gasteiger partial charge in [0, 0.05) is 30.9 Å². The molecule has 0 radical (unpaired) electrons. The number of hydrogen-bond acceptors (Lipinski definition) is 3. The SMILES string of the molecule is Brc1cc2cc3c(cc2o1)sc1cc2oc(Br)cc2cc13. The highest BCUT2D eigenvalue weighted by molar-refractivity contribution is 9.10. The van der Waals surface area contributed by atoms with Crippen molar-refractivity contribution in [1.29, 1.82) is 0 Å². The van der Waals surface area contributed by atoms with Gasteiger partial charge in [0.05, 0.1) is 0 Å². The van der Waals surface area contributed by atoms with Crippen LogP contribution in [-0.2, 0) is 0 Å². The van der Waals surface area contributed by atoms with Crippen LogP contribution in [0.25, 0.3) is 42.1 Å². The zero-order valence-electron chi connectivity index (χ0n) is 10.4. The molecule has 3 heterocycles. The first-order valence-corrected chi connectivity index (χ1v) is 8.72. The number of rotatable bonds is 0. The molecule has 0 aliphatic heterocycles. The Hall–Kier alpha value is -1.30. The van der Waals surface area contributed by atoms with E-state index in [1.54, 1.807) is 11.3 Å². The molecule has 2 aromatic carbocycles. The Labute approximate surface area is 139 Å². The van der Waals surface area contributed by atoms with Crippen LogP contribution in [0.5, 0.6) is 0 Å². The molecule has 0 spiro atoms. The van der Waals surface area contributed by atoms with Crippen molar-refractivity contribution in [2.75, 3.05) is 0 Å². The fourth-order valence-corrected chi connectivity index (χ4v) is 4.75. The number of halogens is 2. The summed E-state index contributed by atoms with van der Waals surface area (Å²) >= 11 is 8.54. The quantitative estimate of drug-likeness (QED) is 0.267. The molecule has 0 atom stereocenters. The van der Waals surface area contributed by atoms with Gasteiger partial charge >= 0.3 is 0 Å². The molecule has 3 aromatic heterocycles. The van der Waals surface area contributed by atoms with Gasteiger partial charge in [-0.3, -0.25) is 0 Å². The molecule has 0 aliphatic carbocycles. The summed E-state index contributed by atoms with van der Waals surface area (Å²) in [6.45, 7) is 0. The fraction of sp³-hybridized carbons (Fsp3) is 0. The summed E-state index contributed by atoms with van der Waals surface area (Å²) in [6.07, 6.45) is 0. The van der Waals surface area contributed by atoms with Crippen molar-refractivity contribution in [3.63, 3.8) is 0 Å². The molecule has 0 aliphatic rings. The highest BCUT2D eigenvalue weighted by atomic mass is 79.9. The summed E-state index contributed by atoms with van der Waals surface area (Å²) in [7, 11) is 0. The first-order valence-electron chi connectivity index (χ1n) is 6.32. The van der Waals surface area contributed by atoms with Crippen molar-refractivity contribution in [3.05, 3.63) is 45.7 Å². The van der Waals surface area contributed by atoms with Gasteiger partial charge in [0.15, 0.2) is 9.34 Å². The van der Waals surface area contributed by atoms with E-state index in [1.807, 2.05) is 12.1 Å². The maximum atomic E-state index is 5.65. The van der Waals surface area contributed by atoms with Crippen LogP contribution in [-0.4, -0.2) is 0 Å². The van der Waals surface area contributed by atoms with E-state index in [9.17, 15) is 0 Å². The van der Waals surface area contributed by atoms with Gasteiger partial charge in [-0.15, -0.1) is 11.3 Å². The van der Waals surface area contributed by atoms with Crippen molar-refractivity contribution in [1.82, 2.24) is 0 Å². The normalized spacial score (nSPS) is 12.3. The van der Waals surface area contributed by atoms with Gasteiger partial charge in [0.1, 0.15) is 11.2 Å². The number of thiophene rings is 1. The first kappa shape index (κ1) is 12.3. The lowest BCUT2D eigenvalue weighted by molar-refractivity contribution is 0.587. The van der Waals surface area contributed by atoms with Crippen LogP contribution < -0.4 is 0 Å². The molecule has 5 heteroatoms. The molecule has 0 N–H and O–H groups in total. The zero-order valence-corrected chi connectivity index (χ0v) is 14.4. The Morgan fingerprint density at radius 2 is 1.14 bits per heavy atom. The molecule has 102 valence electrons. The molecule has 0 amide bonds. The number of hydrogen-bond donors (Lipinski definition) is 0. The predicted molar refractivity (Wildman–Crippen MR) is 94.3 cm³/mol. The minimum absolute atomic E-state index is 0.764. The van der Waals surface area contributed by atoms with Gasteiger partial charge < -0.3 is 8.83 Å². The van der Waals surface area contributed by atoms with Crippen LogP contribution in [0.4, 0.5) is 0 Å². The molecule has 0 fully saturated rings. The molecular weight excluding hydrogens is 416 g/mol. The molecule has 0 saturated heterocycles. The average molecular weight is 422 g/mol. The maximum absolute atomic E-state index is 5.65. The van der Waals surface area contributed by atoms with Gasteiger partial charge in [0.25, 0.3) is 0 Å². The van der Waals surface area contributed by atoms with Crippen molar-refractivity contribution < 1.29 is 8.83 Å². The summed E-state index contributed by atoms with van der Waals surface area (Å²) in [5, 5.41) is 4.75. The third-order valence-corrected chi connectivity index (χ3v) is 5.58. The van der Waals surface area contributed by atoms with E-state index in [0.717, 1.165) is 31.3 Å². The lowest BCUT2D eigenvalue weighted by Gasteiger charge is -1.93. The van der Waals surface area contributed by atoms with Crippen molar-refractivity contribution in [2.45, 2.75) is 0 Å². The Morgan fingerprint density at radius 3 is 1.62 bits per heavy atom. The largest absolute Gasteiger partial charge is 0.449 e. The topological polar surface area (TPSA) is 26.3 Å². The predicted octanol–water partition coefficient (Wildman–Crippen LogP) is 7.07. The average Bonchev–Trinajstić information content (AvgIpc) is 3.05. The van der Waals surface area contributed by atoms with Crippen LogP contribution in [0.15, 0.2) is 54.6 Å². The van der Waals surface area contributed by atoms with Crippen LogP contribution in [0.2, 0.25) is 0 Å². The Morgan fingerprint density at radius 1 is 0.667 bits per heavy atom. The summed E-state index contributed by atoms with van der Waals surface area (Å²) in [5.41, 5.74) is 1.82. The second-order valence-corrected chi connectivity index (χ2v) is 7.62. The van der Waals surface area contributed by atoms with E-state index in [4.69, 9.17) is 8.83 Å². The molecule has 0 bridgehead atoms. The monoisotopic (exact) mass is 420 g/mol.